The highest BCUT2D eigenvalue weighted by Gasteiger charge is 2.54. The standard InChI is InChI=1S/C16H12F4O/c17-14-9-5-4-8-13(14)15(21,16(18,19)20)11-10-12-6-2-1-3-7-12/h1-11,21H. The van der Waals surface area contributed by atoms with Crippen LogP contribution >= 0.6 is 0 Å². The molecule has 0 heterocycles. The molecular formula is C16H12F4O. The highest BCUT2D eigenvalue weighted by Crippen LogP contribution is 2.41. The summed E-state index contributed by atoms with van der Waals surface area (Å²) in [5.41, 5.74) is -3.74. The number of benzene rings is 2. The number of halogens is 4. The van der Waals surface area contributed by atoms with Crippen molar-refractivity contribution in [1.82, 2.24) is 0 Å². The molecule has 0 spiro atoms. The molecule has 0 saturated heterocycles. The van der Waals surface area contributed by atoms with E-state index in [-0.39, 0.29) is 0 Å². The molecule has 0 radical (unpaired) electrons. The van der Waals surface area contributed by atoms with Gasteiger partial charge >= 0.3 is 6.18 Å². The van der Waals surface area contributed by atoms with Gasteiger partial charge in [0, 0.05) is 5.56 Å². The minimum atomic E-state index is -5.04. The molecule has 0 aliphatic heterocycles. The summed E-state index contributed by atoms with van der Waals surface area (Å²) in [6, 6.07) is 12.5. The zero-order valence-corrected chi connectivity index (χ0v) is 10.8. The molecule has 1 unspecified atom stereocenters. The maximum Gasteiger partial charge on any atom is 0.425 e. The summed E-state index contributed by atoms with van der Waals surface area (Å²) < 4.78 is 53.3. The molecule has 21 heavy (non-hydrogen) atoms. The van der Waals surface area contributed by atoms with Crippen LogP contribution in [-0.4, -0.2) is 11.3 Å². The minimum absolute atomic E-state index is 0.469. The van der Waals surface area contributed by atoms with Crippen LogP contribution in [-0.2, 0) is 5.60 Å². The van der Waals surface area contributed by atoms with E-state index in [9.17, 15) is 22.7 Å². The van der Waals surface area contributed by atoms with Crippen molar-refractivity contribution in [2.45, 2.75) is 11.8 Å². The van der Waals surface area contributed by atoms with Gasteiger partial charge in [0.1, 0.15) is 5.82 Å². The molecule has 1 nitrogen and oxygen atoms in total. The van der Waals surface area contributed by atoms with Gasteiger partial charge in [-0.3, -0.25) is 0 Å². The Balaban J connectivity index is 2.49. The Hall–Kier alpha value is -2.14. The lowest BCUT2D eigenvalue weighted by Crippen LogP contribution is -2.41. The van der Waals surface area contributed by atoms with Gasteiger partial charge in [0.2, 0.25) is 5.60 Å². The van der Waals surface area contributed by atoms with Gasteiger partial charge in [-0.15, -0.1) is 0 Å². The quantitative estimate of drug-likeness (QED) is 0.838. The van der Waals surface area contributed by atoms with Crippen LogP contribution in [0.1, 0.15) is 11.1 Å². The van der Waals surface area contributed by atoms with Crippen LogP contribution in [0, 0.1) is 5.82 Å². The summed E-state index contributed by atoms with van der Waals surface area (Å²) in [4.78, 5) is 0. The normalized spacial score (nSPS) is 15.1. The molecule has 110 valence electrons. The molecule has 0 amide bonds. The Morgan fingerprint density at radius 3 is 2.00 bits per heavy atom. The van der Waals surface area contributed by atoms with Gasteiger partial charge in [-0.1, -0.05) is 54.6 Å². The second-order valence-corrected chi connectivity index (χ2v) is 4.49. The maximum absolute atomic E-state index is 13.6. The minimum Gasteiger partial charge on any atom is -0.373 e. The molecule has 0 saturated carbocycles. The Kier molecular flexibility index (Phi) is 4.14. The van der Waals surface area contributed by atoms with Crippen molar-refractivity contribution < 1.29 is 22.7 Å². The van der Waals surface area contributed by atoms with Gasteiger partial charge in [-0.2, -0.15) is 13.2 Å². The van der Waals surface area contributed by atoms with Gasteiger partial charge in [-0.05, 0) is 17.7 Å². The van der Waals surface area contributed by atoms with Gasteiger partial charge in [0.25, 0.3) is 0 Å². The predicted molar refractivity (Wildman–Crippen MR) is 71.8 cm³/mol. The summed E-state index contributed by atoms with van der Waals surface area (Å²) in [5, 5.41) is 10.0. The first-order valence-electron chi connectivity index (χ1n) is 6.13. The lowest BCUT2D eigenvalue weighted by molar-refractivity contribution is -0.245. The SMILES string of the molecule is OC(C=Cc1ccccc1)(c1ccccc1F)C(F)(F)F. The van der Waals surface area contributed by atoms with Crippen molar-refractivity contribution in [2.75, 3.05) is 0 Å². The summed E-state index contributed by atoms with van der Waals surface area (Å²) in [6.07, 6.45) is -3.37. The van der Waals surface area contributed by atoms with Crippen molar-refractivity contribution >= 4 is 6.08 Å². The van der Waals surface area contributed by atoms with Crippen molar-refractivity contribution in [1.29, 1.82) is 0 Å². The maximum atomic E-state index is 13.6. The van der Waals surface area contributed by atoms with Gasteiger partial charge in [0.15, 0.2) is 0 Å². The monoisotopic (exact) mass is 296 g/mol. The van der Waals surface area contributed by atoms with Crippen molar-refractivity contribution in [3.05, 3.63) is 77.6 Å². The molecule has 2 aromatic rings. The van der Waals surface area contributed by atoms with Gasteiger partial charge in [-0.25, -0.2) is 4.39 Å². The van der Waals surface area contributed by atoms with E-state index in [2.05, 4.69) is 0 Å². The molecule has 0 aliphatic carbocycles. The number of rotatable bonds is 3. The topological polar surface area (TPSA) is 20.2 Å². The van der Waals surface area contributed by atoms with E-state index in [0.29, 0.717) is 11.6 Å². The fourth-order valence-electron chi connectivity index (χ4n) is 1.89. The van der Waals surface area contributed by atoms with E-state index in [1.807, 2.05) is 0 Å². The zero-order chi connectivity index (χ0) is 15.5. The first-order chi connectivity index (χ1) is 9.84. The predicted octanol–water partition coefficient (Wildman–Crippen LogP) is 4.29. The highest BCUT2D eigenvalue weighted by molar-refractivity contribution is 5.52. The third kappa shape index (κ3) is 3.13. The molecule has 0 aromatic heterocycles. The highest BCUT2D eigenvalue weighted by atomic mass is 19.4. The van der Waals surface area contributed by atoms with Crippen LogP contribution in [0.5, 0.6) is 0 Å². The third-order valence-corrected chi connectivity index (χ3v) is 3.03. The van der Waals surface area contributed by atoms with Crippen LogP contribution in [0.4, 0.5) is 17.6 Å². The first kappa shape index (κ1) is 15.3. The first-order valence-corrected chi connectivity index (χ1v) is 6.13. The molecule has 5 heteroatoms. The Bertz CT molecular complexity index is 634. The molecular weight excluding hydrogens is 284 g/mol. The number of aliphatic hydroxyl groups is 1. The summed E-state index contributed by atoms with van der Waals surface area (Å²) in [6.45, 7) is 0. The van der Waals surface area contributed by atoms with Gasteiger partial charge < -0.3 is 5.11 Å². The largest absolute Gasteiger partial charge is 0.425 e. The molecule has 2 aromatic carbocycles. The molecule has 0 bridgehead atoms. The van der Waals surface area contributed by atoms with E-state index in [1.54, 1.807) is 30.3 Å². The van der Waals surface area contributed by atoms with Crippen LogP contribution in [0.25, 0.3) is 6.08 Å². The number of alkyl halides is 3. The zero-order valence-electron chi connectivity index (χ0n) is 10.8. The van der Waals surface area contributed by atoms with Crippen molar-refractivity contribution in [3.63, 3.8) is 0 Å². The Morgan fingerprint density at radius 1 is 0.857 bits per heavy atom. The van der Waals surface area contributed by atoms with Crippen LogP contribution in [0.15, 0.2) is 60.7 Å². The van der Waals surface area contributed by atoms with E-state index < -0.39 is 23.2 Å². The molecule has 1 atom stereocenters. The Morgan fingerprint density at radius 2 is 1.43 bits per heavy atom. The summed E-state index contributed by atoms with van der Waals surface area (Å²) in [7, 11) is 0. The third-order valence-electron chi connectivity index (χ3n) is 3.03. The van der Waals surface area contributed by atoms with E-state index in [4.69, 9.17) is 0 Å². The van der Waals surface area contributed by atoms with Crippen LogP contribution in [0.3, 0.4) is 0 Å². The average Bonchev–Trinajstić information content (AvgIpc) is 2.45. The Labute approximate surface area is 119 Å². The van der Waals surface area contributed by atoms with Gasteiger partial charge in [0.05, 0.1) is 0 Å². The van der Waals surface area contributed by atoms with Crippen LogP contribution in [0.2, 0.25) is 0 Å². The van der Waals surface area contributed by atoms with Crippen molar-refractivity contribution in [3.8, 4) is 0 Å². The van der Waals surface area contributed by atoms with E-state index in [1.165, 1.54) is 12.1 Å². The molecule has 2 rings (SSSR count). The fourth-order valence-corrected chi connectivity index (χ4v) is 1.89. The second kappa shape index (κ2) is 5.69. The summed E-state index contributed by atoms with van der Waals surface area (Å²) >= 11 is 0. The number of hydrogen-bond acceptors (Lipinski definition) is 1. The summed E-state index contributed by atoms with van der Waals surface area (Å²) in [5.74, 6) is -1.12. The molecule has 0 fully saturated rings. The number of hydrogen-bond donors (Lipinski definition) is 1. The average molecular weight is 296 g/mol. The molecule has 0 aliphatic rings. The smallest absolute Gasteiger partial charge is 0.373 e. The fraction of sp³-hybridized carbons (Fsp3) is 0.125. The lowest BCUT2D eigenvalue weighted by atomic mass is 9.91. The molecule has 1 N–H and O–H groups in total. The second-order valence-electron chi connectivity index (χ2n) is 4.49. The van der Waals surface area contributed by atoms with Crippen molar-refractivity contribution in [2.24, 2.45) is 0 Å². The van der Waals surface area contributed by atoms with E-state index >= 15 is 0 Å². The lowest BCUT2D eigenvalue weighted by Gasteiger charge is -2.28. The van der Waals surface area contributed by atoms with E-state index in [0.717, 1.165) is 18.2 Å². The van der Waals surface area contributed by atoms with Crippen LogP contribution < -0.4 is 0 Å².